The van der Waals surface area contributed by atoms with E-state index in [0.29, 0.717) is 0 Å². The van der Waals surface area contributed by atoms with Crippen molar-refractivity contribution in [3.05, 3.63) is 59.7 Å². The van der Waals surface area contributed by atoms with Gasteiger partial charge in [-0.05, 0) is 48.2 Å². The van der Waals surface area contributed by atoms with Gasteiger partial charge in [-0.15, -0.1) is 0 Å². The average Bonchev–Trinajstić information content (AvgIpc) is 3.07. The molecule has 0 unspecified atom stereocenters. The second-order valence-electron chi connectivity index (χ2n) is 5.71. The van der Waals surface area contributed by atoms with Gasteiger partial charge in [0.05, 0.1) is 11.4 Å². The van der Waals surface area contributed by atoms with Crippen LogP contribution in [0.4, 0.5) is 0 Å². The second-order valence-corrected chi connectivity index (χ2v) is 5.71. The quantitative estimate of drug-likeness (QED) is 0.468. The fourth-order valence-corrected chi connectivity index (χ4v) is 3.24. The van der Waals surface area contributed by atoms with Gasteiger partial charge < -0.3 is 9.97 Å². The molecular weight excluding hydrogens is 244 g/mol. The van der Waals surface area contributed by atoms with Crippen LogP contribution in [0.2, 0.25) is 0 Å². The summed E-state index contributed by atoms with van der Waals surface area (Å²) in [4.78, 5) is 7.07. The van der Waals surface area contributed by atoms with Crippen LogP contribution in [0.15, 0.2) is 48.5 Å². The van der Waals surface area contributed by atoms with E-state index in [2.05, 4.69) is 58.5 Å². The van der Waals surface area contributed by atoms with Crippen molar-refractivity contribution in [1.82, 2.24) is 9.97 Å². The Hall–Kier alpha value is -2.48. The molecule has 0 radical (unpaired) electrons. The van der Waals surface area contributed by atoms with E-state index in [0.717, 1.165) is 24.2 Å². The highest BCUT2D eigenvalue weighted by Crippen LogP contribution is 2.29. The SMILES string of the molecule is c1cc2cc3[nH]c2cc1CCc1ccc2cc-3[nH]c2c1. The van der Waals surface area contributed by atoms with Crippen molar-refractivity contribution in [2.45, 2.75) is 12.8 Å². The standard InChI is InChI=1S/C18H14N2/c1-2-12-4-6-14-10-18(20-16(14)8-12)17-9-13-5-3-11(1)7-15(13)19-17/h3-10,19-20H,1-2H2. The summed E-state index contributed by atoms with van der Waals surface area (Å²) in [6.45, 7) is 0. The number of H-pyrrole nitrogens is 2. The van der Waals surface area contributed by atoms with Crippen LogP contribution in [-0.4, -0.2) is 9.97 Å². The predicted molar refractivity (Wildman–Crippen MR) is 83.0 cm³/mol. The fraction of sp³-hybridized carbons (Fsp3) is 0.111. The summed E-state index contributed by atoms with van der Waals surface area (Å²) in [5.74, 6) is 0. The largest absolute Gasteiger partial charge is 0.353 e. The minimum Gasteiger partial charge on any atom is -0.353 e. The van der Waals surface area contributed by atoms with E-state index in [1.165, 1.54) is 32.9 Å². The van der Waals surface area contributed by atoms with E-state index in [9.17, 15) is 0 Å². The third-order valence-corrected chi connectivity index (χ3v) is 4.37. The molecule has 20 heavy (non-hydrogen) atoms. The smallest absolute Gasteiger partial charge is 0.0630 e. The Kier molecular flexibility index (Phi) is 1.83. The highest BCUT2D eigenvalue weighted by Gasteiger charge is 2.09. The molecule has 0 saturated carbocycles. The van der Waals surface area contributed by atoms with Crippen LogP contribution < -0.4 is 0 Å². The van der Waals surface area contributed by atoms with Crippen LogP contribution in [0.25, 0.3) is 33.2 Å². The minimum absolute atomic E-state index is 1.09. The molecule has 2 heteroatoms. The van der Waals surface area contributed by atoms with Gasteiger partial charge >= 0.3 is 0 Å². The molecule has 2 N–H and O–H groups in total. The Labute approximate surface area is 116 Å². The number of benzene rings is 2. The molecule has 1 aliphatic rings. The van der Waals surface area contributed by atoms with Crippen molar-refractivity contribution >= 4 is 21.8 Å². The zero-order valence-corrected chi connectivity index (χ0v) is 11.0. The maximum Gasteiger partial charge on any atom is 0.0630 e. The van der Waals surface area contributed by atoms with Crippen molar-refractivity contribution in [3.63, 3.8) is 0 Å². The predicted octanol–water partition coefficient (Wildman–Crippen LogP) is 4.41. The first kappa shape index (κ1) is 10.3. The van der Waals surface area contributed by atoms with Crippen molar-refractivity contribution in [3.8, 4) is 11.4 Å². The molecule has 4 aromatic rings. The topological polar surface area (TPSA) is 31.6 Å². The fourth-order valence-electron chi connectivity index (χ4n) is 3.24. The Morgan fingerprint density at radius 2 is 1.10 bits per heavy atom. The number of hydrogen-bond acceptors (Lipinski definition) is 0. The Balaban J connectivity index is 1.90. The molecule has 0 spiro atoms. The molecule has 6 bridgehead atoms. The third kappa shape index (κ3) is 1.39. The third-order valence-electron chi connectivity index (χ3n) is 4.37. The molecule has 3 heterocycles. The lowest BCUT2D eigenvalue weighted by molar-refractivity contribution is 0.963. The molecular formula is C18H14N2. The van der Waals surface area contributed by atoms with Gasteiger partial charge in [-0.3, -0.25) is 0 Å². The lowest BCUT2D eigenvalue weighted by atomic mass is 10.0. The Morgan fingerprint density at radius 1 is 0.600 bits per heavy atom. The normalized spacial score (nSPS) is 13.6. The lowest BCUT2D eigenvalue weighted by Gasteiger charge is -2.03. The molecule has 2 nitrogen and oxygen atoms in total. The summed E-state index contributed by atoms with van der Waals surface area (Å²) in [5.41, 5.74) is 7.58. The van der Waals surface area contributed by atoms with Gasteiger partial charge in [-0.1, -0.05) is 24.3 Å². The van der Waals surface area contributed by atoms with E-state index in [1.807, 2.05) is 0 Å². The zero-order chi connectivity index (χ0) is 13.1. The first-order chi connectivity index (χ1) is 9.85. The second kappa shape index (κ2) is 3.54. The van der Waals surface area contributed by atoms with Gasteiger partial charge in [-0.2, -0.15) is 0 Å². The van der Waals surface area contributed by atoms with Crippen LogP contribution in [0.3, 0.4) is 0 Å². The van der Waals surface area contributed by atoms with Crippen LogP contribution >= 0.6 is 0 Å². The Morgan fingerprint density at radius 3 is 1.60 bits per heavy atom. The number of aromatic amines is 2. The first-order valence-corrected chi connectivity index (χ1v) is 7.09. The molecule has 0 atom stereocenters. The number of rotatable bonds is 0. The van der Waals surface area contributed by atoms with Crippen LogP contribution in [0.1, 0.15) is 11.1 Å². The van der Waals surface area contributed by atoms with Gasteiger partial charge in [0, 0.05) is 21.8 Å². The maximum atomic E-state index is 3.54. The summed E-state index contributed by atoms with van der Waals surface area (Å²) in [6, 6.07) is 17.9. The number of fused-ring (bicyclic) bond motifs is 5. The molecule has 0 fully saturated rings. The maximum absolute atomic E-state index is 3.54. The number of aromatic nitrogens is 2. The number of hydrogen-bond donors (Lipinski definition) is 2. The van der Waals surface area contributed by atoms with E-state index in [-0.39, 0.29) is 0 Å². The van der Waals surface area contributed by atoms with Crippen LogP contribution in [-0.2, 0) is 12.8 Å². The monoisotopic (exact) mass is 258 g/mol. The summed E-state index contributed by atoms with van der Waals surface area (Å²) in [5, 5.41) is 2.56. The summed E-state index contributed by atoms with van der Waals surface area (Å²) in [7, 11) is 0. The summed E-state index contributed by atoms with van der Waals surface area (Å²) >= 11 is 0. The molecule has 2 aromatic carbocycles. The molecule has 1 aliphatic heterocycles. The van der Waals surface area contributed by atoms with E-state index >= 15 is 0 Å². The van der Waals surface area contributed by atoms with Gasteiger partial charge in [0.2, 0.25) is 0 Å². The van der Waals surface area contributed by atoms with Crippen molar-refractivity contribution in [1.29, 1.82) is 0 Å². The number of aryl methyl sites for hydroxylation is 2. The van der Waals surface area contributed by atoms with E-state index in [4.69, 9.17) is 0 Å². The Bertz CT molecular complexity index is 876. The summed E-state index contributed by atoms with van der Waals surface area (Å²) in [6.07, 6.45) is 2.17. The highest BCUT2D eigenvalue weighted by atomic mass is 14.8. The minimum atomic E-state index is 1.09. The molecule has 0 saturated heterocycles. The molecule has 5 rings (SSSR count). The zero-order valence-electron chi connectivity index (χ0n) is 11.0. The van der Waals surface area contributed by atoms with Crippen molar-refractivity contribution in [2.24, 2.45) is 0 Å². The first-order valence-electron chi connectivity index (χ1n) is 7.09. The molecule has 0 amide bonds. The van der Waals surface area contributed by atoms with Gasteiger partial charge in [0.15, 0.2) is 0 Å². The average molecular weight is 258 g/mol. The van der Waals surface area contributed by atoms with Crippen LogP contribution in [0, 0.1) is 0 Å². The van der Waals surface area contributed by atoms with Crippen LogP contribution in [0.5, 0.6) is 0 Å². The van der Waals surface area contributed by atoms with Gasteiger partial charge in [0.1, 0.15) is 0 Å². The molecule has 2 aromatic heterocycles. The number of nitrogens with one attached hydrogen (secondary N) is 2. The van der Waals surface area contributed by atoms with Crippen molar-refractivity contribution in [2.75, 3.05) is 0 Å². The summed E-state index contributed by atoms with van der Waals surface area (Å²) < 4.78 is 0. The van der Waals surface area contributed by atoms with E-state index in [1.54, 1.807) is 0 Å². The molecule has 96 valence electrons. The van der Waals surface area contributed by atoms with Crippen molar-refractivity contribution < 1.29 is 0 Å². The van der Waals surface area contributed by atoms with E-state index < -0.39 is 0 Å². The van der Waals surface area contributed by atoms with Gasteiger partial charge in [0.25, 0.3) is 0 Å². The highest BCUT2D eigenvalue weighted by molar-refractivity contribution is 5.90. The lowest BCUT2D eigenvalue weighted by Crippen LogP contribution is -1.91. The van der Waals surface area contributed by atoms with Gasteiger partial charge in [-0.25, -0.2) is 0 Å². The molecule has 0 aliphatic carbocycles.